The van der Waals surface area contributed by atoms with Gasteiger partial charge in [0.25, 0.3) is 0 Å². The average Bonchev–Trinajstić information content (AvgIpc) is 2.59. The van der Waals surface area contributed by atoms with E-state index in [1.54, 1.807) is 0 Å². The lowest BCUT2D eigenvalue weighted by Gasteiger charge is -2.28. The second-order valence-corrected chi connectivity index (χ2v) is 7.85. The molecule has 0 bridgehead atoms. The maximum atomic E-state index is 5.29. The van der Waals surface area contributed by atoms with Gasteiger partial charge >= 0.3 is 0 Å². The first-order chi connectivity index (χ1) is 11.4. The van der Waals surface area contributed by atoms with Crippen molar-refractivity contribution in [1.82, 2.24) is 0 Å². The molecular weight excluding hydrogens is 280 g/mol. The quantitative estimate of drug-likeness (QED) is 0.279. The van der Waals surface area contributed by atoms with Gasteiger partial charge < -0.3 is 4.74 Å². The lowest BCUT2D eigenvalue weighted by Crippen LogP contribution is -2.20. The Labute approximate surface area is 147 Å². The third-order valence-corrected chi connectivity index (χ3v) is 5.69. The van der Waals surface area contributed by atoms with Gasteiger partial charge in [0.2, 0.25) is 0 Å². The Morgan fingerprint density at radius 2 is 1.26 bits per heavy atom. The van der Waals surface area contributed by atoms with E-state index in [1.165, 1.54) is 116 Å². The molecule has 0 amide bonds. The Hall–Kier alpha value is -0.0400. The third kappa shape index (κ3) is 12.0. The summed E-state index contributed by atoms with van der Waals surface area (Å²) in [5.41, 5.74) is 0. The molecule has 1 nitrogen and oxygen atoms in total. The first-order valence-corrected chi connectivity index (χ1v) is 10.8. The SMILES string of the molecule is [CH2]OC1CCCC(CCCCCCCCCCCCCCC)C1. The Morgan fingerprint density at radius 3 is 1.78 bits per heavy atom. The molecule has 1 radical (unpaired) electrons. The zero-order chi connectivity index (χ0) is 16.6. The fourth-order valence-electron chi connectivity index (χ4n) is 4.11. The topological polar surface area (TPSA) is 9.23 Å². The lowest BCUT2D eigenvalue weighted by molar-refractivity contribution is 0.0739. The van der Waals surface area contributed by atoms with Crippen LogP contribution in [0.2, 0.25) is 0 Å². The molecule has 0 N–H and O–H groups in total. The molecule has 1 aliphatic rings. The lowest BCUT2D eigenvalue weighted by atomic mass is 9.84. The highest BCUT2D eigenvalue weighted by molar-refractivity contribution is 4.73. The van der Waals surface area contributed by atoms with Crippen LogP contribution < -0.4 is 0 Å². The normalized spacial score (nSPS) is 21.7. The summed E-state index contributed by atoms with van der Waals surface area (Å²) in [4.78, 5) is 0. The second kappa shape index (κ2) is 15.5. The molecule has 137 valence electrons. The summed E-state index contributed by atoms with van der Waals surface area (Å²) in [6.07, 6.45) is 26.0. The van der Waals surface area contributed by atoms with E-state index >= 15 is 0 Å². The van der Waals surface area contributed by atoms with Gasteiger partial charge in [-0.2, -0.15) is 0 Å². The molecule has 1 aliphatic carbocycles. The van der Waals surface area contributed by atoms with Gasteiger partial charge in [-0.1, -0.05) is 110 Å². The molecule has 0 saturated heterocycles. The van der Waals surface area contributed by atoms with Crippen molar-refractivity contribution in [2.24, 2.45) is 5.92 Å². The van der Waals surface area contributed by atoms with Crippen molar-refractivity contribution in [3.8, 4) is 0 Å². The smallest absolute Gasteiger partial charge is 0.0704 e. The molecule has 2 atom stereocenters. The molecular formula is C22H43O. The van der Waals surface area contributed by atoms with Crippen molar-refractivity contribution in [1.29, 1.82) is 0 Å². The predicted molar refractivity (Wildman–Crippen MR) is 103 cm³/mol. The third-order valence-electron chi connectivity index (χ3n) is 5.69. The fourth-order valence-corrected chi connectivity index (χ4v) is 4.11. The minimum absolute atomic E-state index is 0.454. The highest BCUT2D eigenvalue weighted by Gasteiger charge is 2.20. The van der Waals surface area contributed by atoms with Crippen LogP contribution in [0.4, 0.5) is 0 Å². The largest absolute Gasteiger partial charge is 0.376 e. The second-order valence-electron chi connectivity index (χ2n) is 7.85. The summed E-state index contributed by atoms with van der Waals surface area (Å²) >= 11 is 0. The molecule has 0 spiro atoms. The molecule has 1 saturated carbocycles. The van der Waals surface area contributed by atoms with Crippen molar-refractivity contribution < 1.29 is 4.74 Å². The summed E-state index contributed by atoms with van der Waals surface area (Å²) in [6, 6.07) is 0. The van der Waals surface area contributed by atoms with Crippen LogP contribution in [0.25, 0.3) is 0 Å². The van der Waals surface area contributed by atoms with Crippen molar-refractivity contribution in [3.05, 3.63) is 7.11 Å². The Kier molecular flexibility index (Phi) is 14.1. The molecule has 1 fully saturated rings. The van der Waals surface area contributed by atoms with Crippen molar-refractivity contribution in [3.63, 3.8) is 0 Å². The van der Waals surface area contributed by atoms with E-state index in [0.717, 1.165) is 5.92 Å². The van der Waals surface area contributed by atoms with Gasteiger partial charge in [0.05, 0.1) is 13.2 Å². The molecule has 1 rings (SSSR count). The van der Waals surface area contributed by atoms with Gasteiger partial charge in [-0.05, 0) is 18.8 Å². The van der Waals surface area contributed by atoms with Crippen molar-refractivity contribution in [2.75, 3.05) is 0 Å². The van der Waals surface area contributed by atoms with Gasteiger partial charge in [-0.25, -0.2) is 0 Å². The molecule has 0 aromatic carbocycles. The van der Waals surface area contributed by atoms with E-state index in [1.807, 2.05) is 0 Å². The van der Waals surface area contributed by atoms with Crippen LogP contribution >= 0.6 is 0 Å². The van der Waals surface area contributed by atoms with E-state index in [9.17, 15) is 0 Å². The number of unbranched alkanes of at least 4 members (excludes halogenated alkanes) is 12. The van der Waals surface area contributed by atoms with E-state index in [4.69, 9.17) is 4.74 Å². The zero-order valence-corrected chi connectivity index (χ0v) is 16.0. The summed E-state index contributed by atoms with van der Waals surface area (Å²) < 4.78 is 5.29. The van der Waals surface area contributed by atoms with E-state index < -0.39 is 0 Å². The molecule has 0 aromatic heterocycles. The van der Waals surface area contributed by atoms with E-state index in [2.05, 4.69) is 14.0 Å². The van der Waals surface area contributed by atoms with Gasteiger partial charge in [-0.15, -0.1) is 0 Å². The summed E-state index contributed by atoms with van der Waals surface area (Å²) in [6.45, 7) is 2.29. The molecule has 2 unspecified atom stereocenters. The van der Waals surface area contributed by atoms with Gasteiger partial charge in [0, 0.05) is 0 Å². The van der Waals surface area contributed by atoms with Crippen LogP contribution in [0.3, 0.4) is 0 Å². The van der Waals surface area contributed by atoms with Gasteiger partial charge in [-0.3, -0.25) is 0 Å². The predicted octanol–water partition coefficient (Wildman–Crippen LogP) is 7.83. The minimum atomic E-state index is 0.454. The Balaban J connectivity index is 1.76. The first-order valence-electron chi connectivity index (χ1n) is 10.8. The van der Waals surface area contributed by atoms with Crippen LogP contribution in [0.15, 0.2) is 0 Å². The van der Waals surface area contributed by atoms with E-state index in [-0.39, 0.29) is 0 Å². The number of rotatable bonds is 15. The van der Waals surface area contributed by atoms with Gasteiger partial charge in [0.15, 0.2) is 0 Å². The summed E-state index contributed by atoms with van der Waals surface area (Å²) in [5.74, 6) is 0.920. The molecule has 23 heavy (non-hydrogen) atoms. The van der Waals surface area contributed by atoms with Crippen molar-refractivity contribution >= 4 is 0 Å². The van der Waals surface area contributed by atoms with Crippen molar-refractivity contribution in [2.45, 2.75) is 129 Å². The standard InChI is InChI=1S/C22H43O/c1-3-4-5-6-7-8-9-10-11-12-13-14-15-17-21-18-16-19-22(20-21)23-2/h21-22H,2-20H2,1H3. The number of ether oxygens (including phenoxy) is 1. The maximum absolute atomic E-state index is 5.29. The van der Waals surface area contributed by atoms with Gasteiger partial charge in [0.1, 0.15) is 0 Å². The van der Waals surface area contributed by atoms with Crippen LogP contribution in [0.5, 0.6) is 0 Å². The highest BCUT2D eigenvalue weighted by atomic mass is 16.5. The number of hydrogen-bond donors (Lipinski definition) is 0. The van der Waals surface area contributed by atoms with Crippen LogP contribution in [-0.4, -0.2) is 6.10 Å². The Bertz CT molecular complexity index is 238. The first kappa shape index (κ1) is 21.0. The van der Waals surface area contributed by atoms with Crippen LogP contribution in [0, 0.1) is 13.0 Å². The maximum Gasteiger partial charge on any atom is 0.0704 e. The Morgan fingerprint density at radius 1 is 0.739 bits per heavy atom. The highest BCUT2D eigenvalue weighted by Crippen LogP contribution is 2.30. The van der Waals surface area contributed by atoms with Crippen LogP contribution in [0.1, 0.15) is 122 Å². The van der Waals surface area contributed by atoms with E-state index in [0.29, 0.717) is 6.10 Å². The zero-order valence-electron chi connectivity index (χ0n) is 16.0. The molecule has 0 heterocycles. The average molecular weight is 324 g/mol. The molecule has 1 heteroatoms. The fraction of sp³-hybridized carbons (Fsp3) is 0.955. The molecule has 0 aromatic rings. The van der Waals surface area contributed by atoms with Crippen LogP contribution in [-0.2, 0) is 4.74 Å². The summed E-state index contributed by atoms with van der Waals surface area (Å²) in [5, 5.41) is 0. The summed E-state index contributed by atoms with van der Waals surface area (Å²) in [7, 11) is 3.61. The monoisotopic (exact) mass is 323 g/mol. The minimum Gasteiger partial charge on any atom is -0.376 e. The molecule has 0 aliphatic heterocycles. The number of hydrogen-bond acceptors (Lipinski definition) is 1.